The number of rotatable bonds is 4. The molecule has 1 amide bonds. The van der Waals surface area contributed by atoms with E-state index in [9.17, 15) is 4.79 Å². The molecule has 0 aromatic heterocycles. The van der Waals surface area contributed by atoms with Crippen LogP contribution in [0.1, 0.15) is 20.3 Å². The van der Waals surface area contributed by atoms with Crippen molar-refractivity contribution in [3.63, 3.8) is 0 Å². The molecule has 2 atom stereocenters. The first-order valence-corrected chi connectivity index (χ1v) is 6.94. The lowest BCUT2D eigenvalue weighted by atomic mass is 10.0. The van der Waals surface area contributed by atoms with Crippen LogP contribution in [0.5, 0.6) is 0 Å². The predicted molar refractivity (Wildman–Crippen MR) is 78.0 cm³/mol. The molecule has 4 heteroatoms. The Kier molecular flexibility index (Phi) is 4.43. The fourth-order valence-corrected chi connectivity index (χ4v) is 2.35. The van der Waals surface area contributed by atoms with E-state index < -0.39 is 6.04 Å². The van der Waals surface area contributed by atoms with Crippen molar-refractivity contribution in [3.8, 4) is 0 Å². The molecule has 104 valence electrons. The summed E-state index contributed by atoms with van der Waals surface area (Å²) in [5.74, 6) is 0.140. The van der Waals surface area contributed by atoms with Gasteiger partial charge in [-0.1, -0.05) is 32.0 Å². The van der Waals surface area contributed by atoms with Crippen LogP contribution >= 0.6 is 0 Å². The van der Waals surface area contributed by atoms with Crippen LogP contribution < -0.4 is 16.0 Å². The zero-order chi connectivity index (χ0) is 13.8. The van der Waals surface area contributed by atoms with Crippen LogP contribution in [-0.4, -0.2) is 31.1 Å². The summed E-state index contributed by atoms with van der Waals surface area (Å²) >= 11 is 0. The molecule has 2 rings (SSSR count). The highest BCUT2D eigenvalue weighted by Gasteiger charge is 2.26. The summed E-state index contributed by atoms with van der Waals surface area (Å²) in [7, 11) is 0. The first-order valence-electron chi connectivity index (χ1n) is 6.94. The van der Waals surface area contributed by atoms with Crippen molar-refractivity contribution in [2.24, 2.45) is 11.7 Å². The van der Waals surface area contributed by atoms with E-state index in [1.165, 1.54) is 5.69 Å². The van der Waals surface area contributed by atoms with Gasteiger partial charge < -0.3 is 16.0 Å². The molecule has 4 nitrogen and oxygen atoms in total. The van der Waals surface area contributed by atoms with Gasteiger partial charge in [0.15, 0.2) is 0 Å². The maximum absolute atomic E-state index is 11.9. The zero-order valence-electron chi connectivity index (χ0n) is 11.7. The monoisotopic (exact) mass is 261 g/mol. The Morgan fingerprint density at radius 2 is 2.05 bits per heavy atom. The second-order valence-electron chi connectivity index (χ2n) is 5.55. The lowest BCUT2D eigenvalue weighted by molar-refractivity contribution is -0.123. The molecule has 1 aromatic rings. The van der Waals surface area contributed by atoms with E-state index in [1.54, 1.807) is 0 Å². The molecule has 0 aliphatic carbocycles. The van der Waals surface area contributed by atoms with E-state index >= 15 is 0 Å². The number of para-hydroxylation sites is 1. The molecule has 1 aromatic carbocycles. The summed E-state index contributed by atoms with van der Waals surface area (Å²) in [6.45, 7) is 5.77. The molecule has 1 aliphatic rings. The van der Waals surface area contributed by atoms with Crippen LogP contribution in [0.25, 0.3) is 0 Å². The lowest BCUT2D eigenvalue weighted by Crippen LogP contribution is -2.48. The number of nitrogens with two attached hydrogens (primary N) is 1. The minimum absolute atomic E-state index is 0.0325. The first-order chi connectivity index (χ1) is 9.08. The number of anilines is 1. The smallest absolute Gasteiger partial charge is 0.237 e. The van der Waals surface area contributed by atoms with Crippen LogP contribution in [0, 0.1) is 5.92 Å². The van der Waals surface area contributed by atoms with Crippen LogP contribution in [0.4, 0.5) is 5.69 Å². The van der Waals surface area contributed by atoms with Gasteiger partial charge in [0.1, 0.15) is 0 Å². The van der Waals surface area contributed by atoms with E-state index in [0.717, 1.165) is 19.5 Å². The van der Waals surface area contributed by atoms with Crippen molar-refractivity contribution in [1.82, 2.24) is 5.32 Å². The Hall–Kier alpha value is -1.55. The molecular weight excluding hydrogens is 238 g/mol. The molecule has 1 saturated heterocycles. The number of amides is 1. The SMILES string of the molecule is CC(C)[C@H](N)C(=O)NC1CCN(c2ccccc2)C1. The van der Waals surface area contributed by atoms with Gasteiger partial charge in [-0.2, -0.15) is 0 Å². The average molecular weight is 261 g/mol. The lowest BCUT2D eigenvalue weighted by Gasteiger charge is -2.21. The number of benzene rings is 1. The van der Waals surface area contributed by atoms with Crippen molar-refractivity contribution in [3.05, 3.63) is 30.3 Å². The molecule has 1 heterocycles. The highest BCUT2D eigenvalue weighted by Crippen LogP contribution is 2.19. The number of nitrogens with zero attached hydrogens (tertiary/aromatic N) is 1. The van der Waals surface area contributed by atoms with Crippen molar-refractivity contribution in [2.45, 2.75) is 32.4 Å². The summed E-state index contributed by atoms with van der Waals surface area (Å²) in [4.78, 5) is 14.2. The highest BCUT2D eigenvalue weighted by atomic mass is 16.2. The zero-order valence-corrected chi connectivity index (χ0v) is 11.7. The molecule has 3 N–H and O–H groups in total. The summed E-state index contributed by atoms with van der Waals surface area (Å²) in [5, 5.41) is 3.05. The second kappa shape index (κ2) is 6.06. The van der Waals surface area contributed by atoms with Gasteiger partial charge in [-0.25, -0.2) is 0 Å². The van der Waals surface area contributed by atoms with Crippen molar-refractivity contribution in [1.29, 1.82) is 0 Å². The summed E-state index contributed by atoms with van der Waals surface area (Å²) in [5.41, 5.74) is 7.07. The number of hydrogen-bond donors (Lipinski definition) is 2. The van der Waals surface area contributed by atoms with E-state index in [2.05, 4.69) is 22.3 Å². The van der Waals surface area contributed by atoms with E-state index in [1.807, 2.05) is 32.0 Å². The normalized spacial score (nSPS) is 20.6. The molecule has 19 heavy (non-hydrogen) atoms. The van der Waals surface area contributed by atoms with Gasteiger partial charge in [0, 0.05) is 24.8 Å². The molecule has 0 radical (unpaired) electrons. The molecule has 0 bridgehead atoms. The van der Waals surface area contributed by atoms with Crippen LogP contribution in [0.2, 0.25) is 0 Å². The maximum atomic E-state index is 11.9. The van der Waals surface area contributed by atoms with Crippen LogP contribution in [-0.2, 0) is 4.79 Å². The Labute approximate surface area is 115 Å². The number of carbonyl (C=O) groups is 1. The minimum Gasteiger partial charge on any atom is -0.369 e. The summed E-state index contributed by atoms with van der Waals surface area (Å²) in [6.07, 6.45) is 0.978. The van der Waals surface area contributed by atoms with Gasteiger partial charge in [-0.3, -0.25) is 4.79 Å². The fourth-order valence-electron chi connectivity index (χ4n) is 2.35. The predicted octanol–water partition coefficient (Wildman–Crippen LogP) is 1.36. The van der Waals surface area contributed by atoms with Crippen LogP contribution in [0.15, 0.2) is 30.3 Å². The second-order valence-corrected chi connectivity index (χ2v) is 5.55. The molecular formula is C15H23N3O. The Morgan fingerprint density at radius 1 is 1.37 bits per heavy atom. The molecule has 0 spiro atoms. The van der Waals surface area contributed by atoms with Gasteiger partial charge in [-0.05, 0) is 24.5 Å². The van der Waals surface area contributed by atoms with Gasteiger partial charge in [0.2, 0.25) is 5.91 Å². The van der Waals surface area contributed by atoms with Crippen molar-refractivity contribution in [2.75, 3.05) is 18.0 Å². The largest absolute Gasteiger partial charge is 0.369 e. The summed E-state index contributed by atoms with van der Waals surface area (Å²) < 4.78 is 0. The average Bonchev–Trinajstić information content (AvgIpc) is 2.87. The number of carbonyl (C=O) groups excluding carboxylic acids is 1. The molecule has 0 saturated carbocycles. The van der Waals surface area contributed by atoms with E-state index in [-0.39, 0.29) is 17.9 Å². The molecule has 1 unspecified atom stereocenters. The number of hydrogen-bond acceptors (Lipinski definition) is 3. The fraction of sp³-hybridized carbons (Fsp3) is 0.533. The number of nitrogens with one attached hydrogen (secondary N) is 1. The Bertz CT molecular complexity index is 419. The van der Waals surface area contributed by atoms with Crippen molar-refractivity contribution >= 4 is 11.6 Å². The van der Waals surface area contributed by atoms with Gasteiger partial charge in [0.05, 0.1) is 6.04 Å². The topological polar surface area (TPSA) is 58.4 Å². The van der Waals surface area contributed by atoms with Gasteiger partial charge >= 0.3 is 0 Å². The third-order valence-corrected chi connectivity index (χ3v) is 3.68. The Balaban J connectivity index is 1.87. The highest BCUT2D eigenvalue weighted by molar-refractivity contribution is 5.82. The third-order valence-electron chi connectivity index (χ3n) is 3.68. The van der Waals surface area contributed by atoms with E-state index in [4.69, 9.17) is 5.73 Å². The van der Waals surface area contributed by atoms with Gasteiger partial charge in [-0.15, -0.1) is 0 Å². The summed E-state index contributed by atoms with van der Waals surface area (Å²) in [6, 6.07) is 10.1. The Morgan fingerprint density at radius 3 is 2.68 bits per heavy atom. The minimum atomic E-state index is -0.411. The van der Waals surface area contributed by atoms with Crippen LogP contribution in [0.3, 0.4) is 0 Å². The van der Waals surface area contributed by atoms with Crippen molar-refractivity contribution < 1.29 is 4.79 Å². The molecule has 1 fully saturated rings. The first kappa shape index (κ1) is 13.9. The maximum Gasteiger partial charge on any atom is 0.237 e. The van der Waals surface area contributed by atoms with Gasteiger partial charge in [0.25, 0.3) is 0 Å². The quantitative estimate of drug-likeness (QED) is 0.860. The third kappa shape index (κ3) is 3.47. The standard InChI is InChI=1S/C15H23N3O/c1-11(2)14(16)15(19)17-12-8-9-18(10-12)13-6-4-3-5-7-13/h3-7,11-12,14H,8-10,16H2,1-2H3,(H,17,19)/t12?,14-/m0/s1. The van der Waals surface area contributed by atoms with E-state index in [0.29, 0.717) is 0 Å². The molecule has 1 aliphatic heterocycles.